The fourth-order valence-electron chi connectivity index (χ4n) is 6.37. The van der Waals surface area contributed by atoms with Crippen LogP contribution in [-0.2, 0) is 28.5 Å². The van der Waals surface area contributed by atoms with Crippen LogP contribution in [0.3, 0.4) is 0 Å². The van der Waals surface area contributed by atoms with Crippen LogP contribution in [-0.4, -0.2) is 89.1 Å². The average molecular weight is 688 g/mol. The molecule has 11 atom stereocenters. The zero-order valence-electron chi connectivity index (χ0n) is 29.9. The standard InChI is InChI=1S/C38H54FNO9/c1-9-29(46-8)25(4)33-34(49-33)35(40-36(44)27-15-11-10-12-16-27)37(6,39)20-13-14-23(2)32-24(3)17-18-30(47-26(5)41)38(7,45)21-19-28(42)22-31(43)48-32/h10-18,20,24-25,28-30,32-35,42,45H,9,19,21-22H2,1-8H3,(H,40,44)/b18-17+,20-13+,23-14+/t24-,25+,28+,29-,30-,32?,33+,34-,35?,37?,38+/m0/s1. The number of allylic oxidation sites excluding steroid dienone is 2. The van der Waals surface area contributed by atoms with Crippen molar-refractivity contribution in [3.8, 4) is 0 Å². The number of alkyl halides is 1. The van der Waals surface area contributed by atoms with E-state index in [9.17, 15) is 24.6 Å². The number of halogens is 1. The Morgan fingerprint density at radius 3 is 2.49 bits per heavy atom. The number of amides is 1. The predicted molar refractivity (Wildman–Crippen MR) is 183 cm³/mol. The van der Waals surface area contributed by atoms with Gasteiger partial charge in [0.1, 0.15) is 29.6 Å². The van der Waals surface area contributed by atoms with E-state index >= 15 is 4.39 Å². The average Bonchev–Trinajstić information content (AvgIpc) is 3.83. The molecule has 0 spiro atoms. The van der Waals surface area contributed by atoms with Gasteiger partial charge >= 0.3 is 11.9 Å². The fraction of sp³-hybridized carbons (Fsp3) is 0.605. The van der Waals surface area contributed by atoms with Gasteiger partial charge in [-0.3, -0.25) is 14.4 Å². The third kappa shape index (κ3) is 11.3. The number of aliphatic hydroxyl groups is 2. The number of epoxide rings is 1. The number of carbonyl (C=O) groups excluding carboxylic acids is 3. The number of carbonyl (C=O) groups is 3. The lowest BCUT2D eigenvalue weighted by molar-refractivity contribution is -0.157. The van der Waals surface area contributed by atoms with Crippen LogP contribution in [0.15, 0.2) is 66.3 Å². The Morgan fingerprint density at radius 1 is 1.20 bits per heavy atom. The maximum atomic E-state index is 16.7. The molecule has 0 radical (unpaired) electrons. The number of rotatable bonds is 12. The molecule has 2 aliphatic rings. The summed E-state index contributed by atoms with van der Waals surface area (Å²) in [6, 6.07) is 7.55. The van der Waals surface area contributed by atoms with Gasteiger partial charge in [-0.15, -0.1) is 0 Å². The van der Waals surface area contributed by atoms with Crippen LogP contribution in [0.1, 0.15) is 84.5 Å². The molecule has 2 heterocycles. The van der Waals surface area contributed by atoms with E-state index in [1.165, 1.54) is 32.9 Å². The minimum atomic E-state index is -2.06. The first-order chi connectivity index (χ1) is 23.0. The number of esters is 2. The van der Waals surface area contributed by atoms with Gasteiger partial charge in [0.25, 0.3) is 5.91 Å². The van der Waals surface area contributed by atoms with Gasteiger partial charge in [-0.2, -0.15) is 0 Å². The van der Waals surface area contributed by atoms with E-state index in [1.54, 1.807) is 69.5 Å². The quantitative estimate of drug-likeness (QED) is 0.117. The second kappa shape index (κ2) is 17.5. The first-order valence-corrected chi connectivity index (χ1v) is 17.0. The zero-order valence-corrected chi connectivity index (χ0v) is 29.9. The predicted octanol–water partition coefficient (Wildman–Crippen LogP) is 5.18. The summed E-state index contributed by atoms with van der Waals surface area (Å²) in [6.45, 7) is 11.7. The van der Waals surface area contributed by atoms with Crippen LogP contribution in [0.4, 0.5) is 4.39 Å². The number of aliphatic hydroxyl groups excluding tert-OH is 1. The van der Waals surface area contributed by atoms with Gasteiger partial charge < -0.3 is 34.5 Å². The van der Waals surface area contributed by atoms with Crippen molar-refractivity contribution in [2.75, 3.05) is 7.11 Å². The van der Waals surface area contributed by atoms with Crippen LogP contribution in [0, 0.1) is 11.8 Å². The summed E-state index contributed by atoms with van der Waals surface area (Å²) >= 11 is 0. The van der Waals surface area contributed by atoms with Gasteiger partial charge in [-0.05, 0) is 69.9 Å². The summed E-state index contributed by atoms with van der Waals surface area (Å²) in [7, 11) is 1.63. The van der Waals surface area contributed by atoms with E-state index in [-0.39, 0.29) is 37.4 Å². The van der Waals surface area contributed by atoms with Crippen molar-refractivity contribution in [3.05, 3.63) is 71.8 Å². The van der Waals surface area contributed by atoms with Crippen molar-refractivity contribution in [1.82, 2.24) is 5.32 Å². The monoisotopic (exact) mass is 687 g/mol. The molecular weight excluding hydrogens is 633 g/mol. The molecule has 1 amide bonds. The number of benzene rings is 1. The lowest BCUT2D eigenvalue weighted by atomic mass is 9.87. The summed E-state index contributed by atoms with van der Waals surface area (Å²) in [5.41, 5.74) is -2.58. The minimum Gasteiger partial charge on any atom is -0.457 e. The minimum absolute atomic E-state index is 0.0361. The zero-order chi connectivity index (χ0) is 36.5. The van der Waals surface area contributed by atoms with Crippen molar-refractivity contribution in [2.24, 2.45) is 11.8 Å². The first-order valence-electron chi connectivity index (χ1n) is 17.0. The molecule has 3 rings (SSSR count). The molecule has 49 heavy (non-hydrogen) atoms. The molecule has 0 aliphatic carbocycles. The van der Waals surface area contributed by atoms with Crippen LogP contribution in [0.2, 0.25) is 0 Å². The molecule has 1 aromatic carbocycles. The summed E-state index contributed by atoms with van der Waals surface area (Å²) in [6.07, 6.45) is 4.47. The fourth-order valence-corrected chi connectivity index (χ4v) is 6.37. The lowest BCUT2D eigenvalue weighted by Gasteiger charge is -2.32. The topological polar surface area (TPSA) is 144 Å². The maximum absolute atomic E-state index is 16.7. The molecule has 11 heteroatoms. The molecule has 3 unspecified atom stereocenters. The lowest BCUT2D eigenvalue weighted by Crippen LogP contribution is -2.52. The molecule has 1 fully saturated rings. The van der Waals surface area contributed by atoms with Crippen molar-refractivity contribution >= 4 is 17.8 Å². The van der Waals surface area contributed by atoms with Crippen molar-refractivity contribution < 1.29 is 47.9 Å². The molecule has 0 bridgehead atoms. The molecule has 2 aliphatic heterocycles. The first kappa shape index (κ1) is 40.1. The molecule has 272 valence electrons. The Kier molecular flexibility index (Phi) is 14.3. The summed E-state index contributed by atoms with van der Waals surface area (Å²) in [4.78, 5) is 37.8. The van der Waals surface area contributed by atoms with Gasteiger partial charge in [-0.25, -0.2) is 4.39 Å². The smallest absolute Gasteiger partial charge is 0.309 e. The normalized spacial score (nSPS) is 32.0. The van der Waals surface area contributed by atoms with Gasteiger partial charge in [0.15, 0.2) is 0 Å². The van der Waals surface area contributed by atoms with Crippen molar-refractivity contribution in [1.29, 1.82) is 0 Å². The van der Waals surface area contributed by atoms with E-state index < -0.39 is 65.5 Å². The Hall–Kier alpha value is -3.38. The SMILES string of the molecule is CC[C@H](OC)[C@@H](C)[C@H]1O[C@@H]1C(NC(=O)c1ccccc1)C(C)(F)/C=C/C=C(\C)C1OC(=O)C[C@H](O)CC[C@@](C)(O)[C@@H](OC(C)=O)/C=C/[C@@H]1C. The third-order valence-electron chi connectivity index (χ3n) is 9.48. The molecule has 1 aromatic rings. The van der Waals surface area contributed by atoms with Gasteiger partial charge in [0.05, 0.1) is 30.8 Å². The molecule has 10 nitrogen and oxygen atoms in total. The number of methoxy groups -OCH3 is 1. The second-order valence-electron chi connectivity index (χ2n) is 13.8. The molecule has 1 saturated heterocycles. The van der Waals surface area contributed by atoms with Crippen molar-refractivity contribution in [3.63, 3.8) is 0 Å². The van der Waals surface area contributed by atoms with E-state index in [1.807, 2.05) is 13.8 Å². The number of hydrogen-bond donors (Lipinski definition) is 3. The Morgan fingerprint density at radius 2 is 1.88 bits per heavy atom. The van der Waals surface area contributed by atoms with E-state index in [4.69, 9.17) is 18.9 Å². The van der Waals surface area contributed by atoms with Crippen LogP contribution in [0.25, 0.3) is 0 Å². The van der Waals surface area contributed by atoms with Gasteiger partial charge in [0.2, 0.25) is 0 Å². The number of cyclic esters (lactones) is 1. The summed E-state index contributed by atoms with van der Waals surface area (Å²) < 4.78 is 39.5. The second-order valence-corrected chi connectivity index (χ2v) is 13.8. The highest BCUT2D eigenvalue weighted by molar-refractivity contribution is 5.94. The van der Waals surface area contributed by atoms with Crippen LogP contribution in [0.5, 0.6) is 0 Å². The Bertz CT molecular complexity index is 1350. The van der Waals surface area contributed by atoms with E-state index in [2.05, 4.69) is 5.32 Å². The third-order valence-corrected chi connectivity index (χ3v) is 9.48. The van der Waals surface area contributed by atoms with E-state index in [0.717, 1.165) is 6.42 Å². The van der Waals surface area contributed by atoms with Crippen molar-refractivity contribution in [2.45, 2.75) is 128 Å². The number of nitrogens with one attached hydrogen (secondary N) is 1. The molecule has 0 saturated carbocycles. The maximum Gasteiger partial charge on any atom is 0.309 e. The Labute approximate surface area is 289 Å². The largest absolute Gasteiger partial charge is 0.457 e. The van der Waals surface area contributed by atoms with E-state index in [0.29, 0.717) is 11.1 Å². The highest BCUT2D eigenvalue weighted by Crippen LogP contribution is 2.40. The molecular formula is C38H54FNO9. The molecule has 0 aromatic heterocycles. The van der Waals surface area contributed by atoms with Crippen LogP contribution >= 0.6 is 0 Å². The van der Waals surface area contributed by atoms with Crippen LogP contribution < -0.4 is 5.32 Å². The van der Waals surface area contributed by atoms with Gasteiger partial charge in [-0.1, -0.05) is 57.2 Å². The molecule has 3 N–H and O–H groups in total. The summed E-state index contributed by atoms with van der Waals surface area (Å²) in [5, 5.41) is 24.4. The number of hydrogen-bond acceptors (Lipinski definition) is 9. The highest BCUT2D eigenvalue weighted by Gasteiger charge is 2.55. The summed E-state index contributed by atoms with van der Waals surface area (Å²) in [5.74, 6) is -2.12. The van der Waals surface area contributed by atoms with Gasteiger partial charge in [0, 0.05) is 31.4 Å². The number of ether oxygens (including phenoxy) is 4. The Balaban J connectivity index is 1.89. The highest BCUT2D eigenvalue weighted by atomic mass is 19.1.